The van der Waals surface area contributed by atoms with E-state index in [-0.39, 0.29) is 11.8 Å². The summed E-state index contributed by atoms with van der Waals surface area (Å²) < 4.78 is 4.83. The zero-order valence-corrected chi connectivity index (χ0v) is 12.0. The van der Waals surface area contributed by atoms with Crippen LogP contribution in [0, 0.1) is 26.2 Å². The second kappa shape index (κ2) is 4.80. The molecule has 0 bridgehead atoms. The van der Waals surface area contributed by atoms with E-state index >= 15 is 0 Å². The van der Waals surface area contributed by atoms with Crippen molar-refractivity contribution < 1.29 is 14.3 Å². The third-order valence-electron chi connectivity index (χ3n) is 4.30. The van der Waals surface area contributed by atoms with Crippen molar-refractivity contribution in [3.05, 3.63) is 34.4 Å². The van der Waals surface area contributed by atoms with E-state index in [0.717, 1.165) is 23.1 Å². The van der Waals surface area contributed by atoms with Crippen LogP contribution in [0.15, 0.2) is 12.1 Å². The van der Waals surface area contributed by atoms with Crippen molar-refractivity contribution >= 4 is 11.8 Å². The van der Waals surface area contributed by atoms with Gasteiger partial charge >= 0.3 is 5.97 Å². The molecule has 0 amide bonds. The molecule has 1 fully saturated rings. The summed E-state index contributed by atoms with van der Waals surface area (Å²) in [5.41, 5.74) is 2.90. The maximum Gasteiger partial charge on any atom is 0.319 e. The summed E-state index contributed by atoms with van der Waals surface area (Å²) in [6.45, 7) is 5.93. The molecule has 1 aromatic carbocycles. The van der Waals surface area contributed by atoms with E-state index < -0.39 is 5.41 Å². The van der Waals surface area contributed by atoms with E-state index in [1.807, 2.05) is 32.9 Å². The maximum atomic E-state index is 12.7. The van der Waals surface area contributed by atoms with Crippen molar-refractivity contribution in [3.8, 4) is 0 Å². The van der Waals surface area contributed by atoms with E-state index in [1.165, 1.54) is 7.11 Å². The fraction of sp³-hybridized carbons (Fsp3) is 0.500. The van der Waals surface area contributed by atoms with Crippen LogP contribution < -0.4 is 0 Å². The molecule has 0 unspecified atom stereocenters. The highest BCUT2D eigenvalue weighted by Gasteiger charge is 2.52. The highest BCUT2D eigenvalue weighted by molar-refractivity contribution is 6.13. The Bertz CT molecular complexity index is 539. The number of esters is 1. The highest BCUT2D eigenvalue weighted by Crippen LogP contribution is 2.45. The van der Waals surface area contributed by atoms with Gasteiger partial charge in [0.05, 0.1) is 7.11 Å². The summed E-state index contributed by atoms with van der Waals surface area (Å²) in [6.07, 6.45) is 2.11. The molecule has 1 aromatic rings. The van der Waals surface area contributed by atoms with Gasteiger partial charge < -0.3 is 4.74 Å². The third kappa shape index (κ3) is 2.07. The number of Topliss-reactive ketones (excluding diaryl/α,β-unsaturated/α-hetero) is 1. The lowest BCUT2D eigenvalue weighted by atomic mass is 9.64. The molecular formula is C16H20O3. The first-order chi connectivity index (χ1) is 8.92. The number of ether oxygens (including phenoxy) is 1. The lowest BCUT2D eigenvalue weighted by molar-refractivity contribution is -0.153. The van der Waals surface area contributed by atoms with Crippen LogP contribution in [0.3, 0.4) is 0 Å². The maximum absolute atomic E-state index is 12.7. The molecule has 1 aliphatic rings. The molecule has 0 aromatic heterocycles. The lowest BCUT2D eigenvalue weighted by Gasteiger charge is -2.37. The molecule has 0 heterocycles. The molecule has 0 saturated heterocycles. The number of benzene rings is 1. The van der Waals surface area contributed by atoms with Gasteiger partial charge in [-0.2, -0.15) is 0 Å². The van der Waals surface area contributed by atoms with Crippen LogP contribution in [-0.4, -0.2) is 18.9 Å². The Morgan fingerprint density at radius 1 is 1.05 bits per heavy atom. The Morgan fingerprint density at radius 2 is 1.63 bits per heavy atom. The second-order valence-corrected chi connectivity index (χ2v) is 5.51. The molecule has 19 heavy (non-hydrogen) atoms. The zero-order valence-electron chi connectivity index (χ0n) is 12.0. The number of methoxy groups -OCH3 is 1. The minimum atomic E-state index is -0.929. The number of carbonyl (C=O) groups is 2. The van der Waals surface area contributed by atoms with E-state index in [1.54, 1.807) is 0 Å². The summed E-state index contributed by atoms with van der Waals surface area (Å²) in [5.74, 6) is -0.465. The number of hydrogen-bond acceptors (Lipinski definition) is 3. The van der Waals surface area contributed by atoms with Gasteiger partial charge in [0, 0.05) is 5.56 Å². The average molecular weight is 260 g/mol. The minimum absolute atomic E-state index is 0.0776. The molecule has 102 valence electrons. The summed E-state index contributed by atoms with van der Waals surface area (Å²) >= 11 is 0. The van der Waals surface area contributed by atoms with Gasteiger partial charge in [-0.05, 0) is 56.4 Å². The van der Waals surface area contributed by atoms with E-state index in [2.05, 4.69) is 0 Å². The van der Waals surface area contributed by atoms with Crippen molar-refractivity contribution in [2.24, 2.45) is 5.41 Å². The molecule has 0 atom stereocenters. The van der Waals surface area contributed by atoms with Crippen molar-refractivity contribution in [3.63, 3.8) is 0 Å². The van der Waals surface area contributed by atoms with E-state index in [0.29, 0.717) is 18.4 Å². The molecule has 1 saturated carbocycles. The van der Waals surface area contributed by atoms with Crippen molar-refractivity contribution in [1.29, 1.82) is 0 Å². The first-order valence-electron chi connectivity index (χ1n) is 6.63. The number of aryl methyl sites for hydroxylation is 3. The van der Waals surface area contributed by atoms with Gasteiger partial charge in [-0.25, -0.2) is 0 Å². The smallest absolute Gasteiger partial charge is 0.319 e. The molecule has 0 N–H and O–H groups in total. The summed E-state index contributed by atoms with van der Waals surface area (Å²) in [7, 11) is 1.35. The van der Waals surface area contributed by atoms with Crippen LogP contribution in [0.5, 0.6) is 0 Å². The first kappa shape index (κ1) is 13.8. The molecule has 3 nitrogen and oxygen atoms in total. The second-order valence-electron chi connectivity index (χ2n) is 5.51. The van der Waals surface area contributed by atoms with Crippen LogP contribution in [0.2, 0.25) is 0 Å². The van der Waals surface area contributed by atoms with Crippen LogP contribution in [0.25, 0.3) is 0 Å². The standard InChI is InChI=1S/C16H20O3/c1-10-8-12(3)13(9-11(10)2)14(17)16(6-5-7-16)15(18)19-4/h8-9H,5-7H2,1-4H3. The van der Waals surface area contributed by atoms with Crippen LogP contribution in [0.1, 0.15) is 46.3 Å². The Hall–Kier alpha value is -1.64. The van der Waals surface area contributed by atoms with Crippen LogP contribution >= 0.6 is 0 Å². The average Bonchev–Trinajstić information content (AvgIpc) is 2.31. The van der Waals surface area contributed by atoms with Gasteiger partial charge in [0.15, 0.2) is 5.78 Å². The molecule has 3 heteroatoms. The van der Waals surface area contributed by atoms with E-state index in [4.69, 9.17) is 4.74 Å². The van der Waals surface area contributed by atoms with Crippen molar-refractivity contribution in [2.45, 2.75) is 40.0 Å². The molecule has 0 aliphatic heterocycles. The SMILES string of the molecule is COC(=O)C1(C(=O)c2cc(C)c(C)cc2C)CCC1. The van der Waals surface area contributed by atoms with Gasteiger partial charge in [0.25, 0.3) is 0 Å². The molecule has 0 radical (unpaired) electrons. The van der Waals surface area contributed by atoms with Gasteiger partial charge in [0.2, 0.25) is 0 Å². The molecular weight excluding hydrogens is 240 g/mol. The molecule has 1 aliphatic carbocycles. The Labute approximate surface area is 114 Å². The Morgan fingerprint density at radius 3 is 2.11 bits per heavy atom. The van der Waals surface area contributed by atoms with Gasteiger partial charge in [-0.15, -0.1) is 0 Å². The van der Waals surface area contributed by atoms with E-state index in [9.17, 15) is 9.59 Å². The normalized spacial score (nSPS) is 16.6. The zero-order chi connectivity index (χ0) is 14.2. The van der Waals surface area contributed by atoms with Crippen molar-refractivity contribution in [2.75, 3.05) is 7.11 Å². The quantitative estimate of drug-likeness (QED) is 0.476. The Balaban J connectivity index is 2.44. The summed E-state index contributed by atoms with van der Waals surface area (Å²) in [4.78, 5) is 24.7. The third-order valence-corrected chi connectivity index (χ3v) is 4.30. The van der Waals surface area contributed by atoms with Gasteiger partial charge in [0.1, 0.15) is 5.41 Å². The van der Waals surface area contributed by atoms with Crippen molar-refractivity contribution in [1.82, 2.24) is 0 Å². The largest absolute Gasteiger partial charge is 0.468 e. The molecule has 2 rings (SSSR count). The topological polar surface area (TPSA) is 43.4 Å². The van der Waals surface area contributed by atoms with Gasteiger partial charge in [-0.1, -0.05) is 12.5 Å². The number of rotatable bonds is 3. The summed E-state index contributed by atoms with van der Waals surface area (Å²) in [5, 5.41) is 0. The molecule has 0 spiro atoms. The number of carbonyl (C=O) groups excluding carboxylic acids is 2. The van der Waals surface area contributed by atoms with Gasteiger partial charge in [-0.3, -0.25) is 9.59 Å². The predicted molar refractivity (Wildman–Crippen MR) is 73.3 cm³/mol. The number of hydrogen-bond donors (Lipinski definition) is 0. The van der Waals surface area contributed by atoms with Crippen LogP contribution in [-0.2, 0) is 9.53 Å². The number of ketones is 1. The fourth-order valence-corrected chi connectivity index (χ4v) is 2.71. The fourth-order valence-electron chi connectivity index (χ4n) is 2.71. The monoisotopic (exact) mass is 260 g/mol. The first-order valence-corrected chi connectivity index (χ1v) is 6.63. The van der Waals surface area contributed by atoms with Crippen LogP contribution in [0.4, 0.5) is 0 Å². The highest BCUT2D eigenvalue weighted by atomic mass is 16.5. The minimum Gasteiger partial charge on any atom is -0.468 e. The predicted octanol–water partition coefficient (Wildman–Crippen LogP) is 3.14. The lowest BCUT2D eigenvalue weighted by Crippen LogP contribution is -2.46. The summed E-state index contributed by atoms with van der Waals surface area (Å²) in [6, 6.07) is 3.90. The Kier molecular flexibility index (Phi) is 3.48.